The Bertz CT molecular complexity index is 580. The zero-order chi connectivity index (χ0) is 14.4. The minimum absolute atomic E-state index is 0.571. The molecule has 1 aromatic carbocycles. The second kappa shape index (κ2) is 7.28. The molecular formula is C13H14Cl2N4O. The van der Waals surface area contributed by atoms with Gasteiger partial charge in [0.15, 0.2) is 0 Å². The van der Waals surface area contributed by atoms with E-state index < -0.39 is 0 Å². The summed E-state index contributed by atoms with van der Waals surface area (Å²) in [5.41, 5.74) is 0.695. The molecule has 0 spiro atoms. The van der Waals surface area contributed by atoms with E-state index in [0.717, 1.165) is 0 Å². The smallest absolute Gasteiger partial charge is 0.135 e. The predicted octanol–water partition coefficient (Wildman–Crippen LogP) is 3.59. The molecule has 0 amide bonds. The number of hydrogen-bond acceptors (Lipinski definition) is 5. The molecule has 0 aliphatic rings. The molecule has 5 nitrogen and oxygen atoms in total. The molecule has 2 N–H and O–H groups in total. The first-order valence-electron chi connectivity index (χ1n) is 5.96. The van der Waals surface area contributed by atoms with Crippen molar-refractivity contribution < 1.29 is 4.74 Å². The highest BCUT2D eigenvalue weighted by atomic mass is 35.5. The molecule has 0 unspecified atom stereocenters. The highest BCUT2D eigenvalue weighted by molar-refractivity contribution is 6.35. The molecule has 2 rings (SSSR count). The van der Waals surface area contributed by atoms with Crippen LogP contribution in [0.15, 0.2) is 30.6 Å². The summed E-state index contributed by atoms with van der Waals surface area (Å²) in [5, 5.41) is 7.40. The zero-order valence-corrected chi connectivity index (χ0v) is 12.4. The fourth-order valence-corrected chi connectivity index (χ4v) is 1.87. The Labute approximate surface area is 127 Å². The topological polar surface area (TPSA) is 59.1 Å². The molecular weight excluding hydrogens is 299 g/mol. The Balaban J connectivity index is 2.09. The molecule has 0 fully saturated rings. The van der Waals surface area contributed by atoms with Gasteiger partial charge in [-0.1, -0.05) is 23.2 Å². The second-order valence-electron chi connectivity index (χ2n) is 3.96. The van der Waals surface area contributed by atoms with E-state index in [2.05, 4.69) is 20.6 Å². The normalized spacial score (nSPS) is 10.3. The third kappa shape index (κ3) is 4.23. The van der Waals surface area contributed by atoms with Crippen LogP contribution >= 0.6 is 23.2 Å². The van der Waals surface area contributed by atoms with Crippen LogP contribution in [0, 0.1) is 0 Å². The lowest BCUT2D eigenvalue weighted by molar-refractivity contribution is 0.210. The van der Waals surface area contributed by atoms with Crippen molar-refractivity contribution in [1.29, 1.82) is 0 Å². The van der Waals surface area contributed by atoms with E-state index in [-0.39, 0.29) is 0 Å². The van der Waals surface area contributed by atoms with E-state index in [1.165, 1.54) is 6.33 Å². The summed E-state index contributed by atoms with van der Waals surface area (Å²) >= 11 is 12.0. The van der Waals surface area contributed by atoms with Crippen molar-refractivity contribution in [3.63, 3.8) is 0 Å². The van der Waals surface area contributed by atoms with Crippen molar-refractivity contribution in [1.82, 2.24) is 9.97 Å². The molecule has 0 aliphatic heterocycles. The van der Waals surface area contributed by atoms with Gasteiger partial charge in [0.05, 0.1) is 17.3 Å². The van der Waals surface area contributed by atoms with E-state index in [0.29, 0.717) is 40.5 Å². The highest BCUT2D eigenvalue weighted by Crippen LogP contribution is 2.28. The van der Waals surface area contributed by atoms with Gasteiger partial charge in [-0.25, -0.2) is 9.97 Å². The Hall–Kier alpha value is -1.56. The molecule has 0 aliphatic carbocycles. The van der Waals surface area contributed by atoms with Crippen LogP contribution in [0.2, 0.25) is 10.0 Å². The largest absolute Gasteiger partial charge is 0.383 e. The summed E-state index contributed by atoms with van der Waals surface area (Å²) in [6.07, 6.45) is 1.47. The van der Waals surface area contributed by atoms with Gasteiger partial charge >= 0.3 is 0 Å². The molecule has 106 valence electrons. The zero-order valence-electron chi connectivity index (χ0n) is 10.9. The number of anilines is 3. The van der Waals surface area contributed by atoms with E-state index >= 15 is 0 Å². The molecule has 2 aromatic rings. The Morgan fingerprint density at radius 2 is 1.95 bits per heavy atom. The molecule has 0 atom stereocenters. The standard InChI is InChI=1S/C13H14Cl2N4O/c1-20-5-4-16-12-7-13(18-8-17-12)19-11-6-9(14)2-3-10(11)15/h2-3,6-8H,4-5H2,1H3,(H2,16,17,18,19). The molecule has 0 bridgehead atoms. The van der Waals surface area contributed by atoms with Crippen molar-refractivity contribution in [2.24, 2.45) is 0 Å². The average Bonchev–Trinajstić information content (AvgIpc) is 2.44. The third-order valence-electron chi connectivity index (χ3n) is 2.47. The molecule has 0 saturated carbocycles. The van der Waals surface area contributed by atoms with Crippen LogP contribution in [0.1, 0.15) is 0 Å². The van der Waals surface area contributed by atoms with Crippen molar-refractivity contribution in [3.8, 4) is 0 Å². The number of ether oxygens (including phenoxy) is 1. The lowest BCUT2D eigenvalue weighted by atomic mass is 10.3. The van der Waals surface area contributed by atoms with E-state index in [1.807, 2.05) is 0 Å². The van der Waals surface area contributed by atoms with Crippen LogP contribution in [-0.2, 0) is 4.74 Å². The molecule has 1 heterocycles. The van der Waals surface area contributed by atoms with Gasteiger partial charge in [-0.2, -0.15) is 0 Å². The SMILES string of the molecule is COCCNc1cc(Nc2cc(Cl)ccc2Cl)ncn1. The van der Waals surface area contributed by atoms with Crippen LogP contribution < -0.4 is 10.6 Å². The lowest BCUT2D eigenvalue weighted by Gasteiger charge is -2.09. The fraction of sp³-hybridized carbons (Fsp3) is 0.231. The average molecular weight is 313 g/mol. The molecule has 7 heteroatoms. The molecule has 20 heavy (non-hydrogen) atoms. The Morgan fingerprint density at radius 1 is 1.15 bits per heavy atom. The molecule has 0 radical (unpaired) electrons. The van der Waals surface area contributed by atoms with Crippen LogP contribution in [-0.4, -0.2) is 30.2 Å². The van der Waals surface area contributed by atoms with Crippen molar-refractivity contribution >= 4 is 40.5 Å². The number of nitrogens with one attached hydrogen (secondary N) is 2. The molecule has 0 saturated heterocycles. The minimum Gasteiger partial charge on any atom is -0.383 e. The van der Waals surface area contributed by atoms with Gasteiger partial charge in [0.25, 0.3) is 0 Å². The van der Waals surface area contributed by atoms with Crippen LogP contribution in [0.4, 0.5) is 17.3 Å². The summed E-state index contributed by atoms with van der Waals surface area (Å²) in [6.45, 7) is 1.28. The van der Waals surface area contributed by atoms with Gasteiger partial charge in [0.1, 0.15) is 18.0 Å². The maximum atomic E-state index is 6.09. The second-order valence-corrected chi connectivity index (χ2v) is 4.80. The van der Waals surface area contributed by atoms with Gasteiger partial charge in [0.2, 0.25) is 0 Å². The first-order chi connectivity index (χ1) is 9.69. The number of halogens is 2. The van der Waals surface area contributed by atoms with Crippen molar-refractivity contribution in [3.05, 3.63) is 40.6 Å². The van der Waals surface area contributed by atoms with E-state index in [4.69, 9.17) is 27.9 Å². The number of aromatic nitrogens is 2. The Morgan fingerprint density at radius 3 is 2.75 bits per heavy atom. The number of nitrogens with zero attached hydrogens (tertiary/aromatic N) is 2. The lowest BCUT2D eigenvalue weighted by Crippen LogP contribution is -2.09. The van der Waals surface area contributed by atoms with Gasteiger partial charge in [0, 0.05) is 24.7 Å². The summed E-state index contributed by atoms with van der Waals surface area (Å²) in [4.78, 5) is 8.25. The first-order valence-corrected chi connectivity index (χ1v) is 6.71. The van der Waals surface area contributed by atoms with Crippen LogP contribution in [0.25, 0.3) is 0 Å². The third-order valence-corrected chi connectivity index (χ3v) is 3.04. The van der Waals surface area contributed by atoms with Gasteiger partial charge in [-0.3, -0.25) is 0 Å². The minimum atomic E-state index is 0.571. The number of benzene rings is 1. The highest BCUT2D eigenvalue weighted by Gasteiger charge is 2.04. The molecule has 1 aromatic heterocycles. The fourth-order valence-electron chi connectivity index (χ4n) is 1.53. The van der Waals surface area contributed by atoms with Crippen molar-refractivity contribution in [2.75, 3.05) is 30.9 Å². The van der Waals surface area contributed by atoms with Gasteiger partial charge in [-0.15, -0.1) is 0 Å². The maximum absolute atomic E-state index is 6.09. The monoisotopic (exact) mass is 312 g/mol. The summed E-state index contributed by atoms with van der Waals surface area (Å²) in [7, 11) is 1.65. The van der Waals surface area contributed by atoms with E-state index in [9.17, 15) is 0 Å². The quantitative estimate of drug-likeness (QED) is 0.798. The Kier molecular flexibility index (Phi) is 5.40. The van der Waals surface area contributed by atoms with Gasteiger partial charge in [-0.05, 0) is 18.2 Å². The maximum Gasteiger partial charge on any atom is 0.135 e. The summed E-state index contributed by atoms with van der Waals surface area (Å²) in [6, 6.07) is 6.98. The summed E-state index contributed by atoms with van der Waals surface area (Å²) < 4.78 is 4.96. The van der Waals surface area contributed by atoms with Gasteiger partial charge < -0.3 is 15.4 Å². The summed E-state index contributed by atoms with van der Waals surface area (Å²) in [5.74, 6) is 1.33. The first kappa shape index (κ1) is 14.8. The van der Waals surface area contributed by atoms with Crippen LogP contribution in [0.3, 0.4) is 0 Å². The number of methoxy groups -OCH3 is 1. The van der Waals surface area contributed by atoms with E-state index in [1.54, 1.807) is 31.4 Å². The van der Waals surface area contributed by atoms with Crippen LogP contribution in [0.5, 0.6) is 0 Å². The van der Waals surface area contributed by atoms with Crippen molar-refractivity contribution in [2.45, 2.75) is 0 Å². The number of hydrogen-bond donors (Lipinski definition) is 2. The predicted molar refractivity (Wildman–Crippen MR) is 82.1 cm³/mol. The number of rotatable bonds is 6.